The van der Waals surface area contributed by atoms with E-state index in [-0.39, 0.29) is 0 Å². The predicted molar refractivity (Wildman–Crippen MR) is 87.2 cm³/mol. The van der Waals surface area contributed by atoms with Gasteiger partial charge in [-0.2, -0.15) is 5.10 Å². The molecule has 0 unspecified atom stereocenters. The van der Waals surface area contributed by atoms with E-state index in [0.29, 0.717) is 0 Å². The van der Waals surface area contributed by atoms with Crippen LogP contribution in [0, 0.1) is 0 Å². The van der Waals surface area contributed by atoms with Gasteiger partial charge in [0.05, 0.1) is 11.3 Å². The summed E-state index contributed by atoms with van der Waals surface area (Å²) >= 11 is 0. The van der Waals surface area contributed by atoms with Crippen LogP contribution in [0.4, 0.5) is 0 Å². The Balaban J connectivity index is 1.74. The molecule has 1 aromatic heterocycles. The van der Waals surface area contributed by atoms with Crippen molar-refractivity contribution in [3.05, 3.63) is 53.9 Å². The van der Waals surface area contributed by atoms with Crippen LogP contribution in [0.25, 0.3) is 0 Å². The van der Waals surface area contributed by atoms with Gasteiger partial charge in [-0.25, -0.2) is 0 Å². The molecule has 2 aromatic rings. The lowest BCUT2D eigenvalue weighted by atomic mass is 10.0. The van der Waals surface area contributed by atoms with Crippen molar-refractivity contribution in [1.82, 2.24) is 14.7 Å². The van der Waals surface area contributed by atoms with Gasteiger partial charge in [0.15, 0.2) is 0 Å². The molecule has 1 saturated carbocycles. The number of benzene rings is 1. The molecule has 22 heavy (non-hydrogen) atoms. The number of aliphatic hydroxyl groups is 1. The lowest BCUT2D eigenvalue weighted by Crippen LogP contribution is -2.40. The lowest BCUT2D eigenvalue weighted by Gasteiger charge is -2.31. The normalized spacial score (nSPS) is 17.2. The molecule has 4 heteroatoms. The first-order valence-electron chi connectivity index (χ1n) is 8.10. The van der Waals surface area contributed by atoms with Crippen LogP contribution in [0.5, 0.6) is 0 Å². The Morgan fingerprint density at radius 3 is 2.50 bits per heavy atom. The van der Waals surface area contributed by atoms with E-state index in [9.17, 15) is 5.11 Å². The fourth-order valence-electron chi connectivity index (χ4n) is 3.40. The Morgan fingerprint density at radius 2 is 1.86 bits per heavy atom. The minimum Gasteiger partial charge on any atom is -0.389 e. The number of hydrogen-bond donors (Lipinski definition) is 1. The maximum Gasteiger partial charge on any atom is 0.0774 e. The third-order valence-corrected chi connectivity index (χ3v) is 4.61. The van der Waals surface area contributed by atoms with Gasteiger partial charge in [0, 0.05) is 32.9 Å². The number of nitrogens with zero attached hydrogens (tertiary/aromatic N) is 3. The monoisotopic (exact) mass is 299 g/mol. The highest BCUT2D eigenvalue weighted by atomic mass is 16.3. The zero-order chi connectivity index (χ0) is 15.4. The average molecular weight is 299 g/mol. The molecule has 1 aliphatic rings. The van der Waals surface area contributed by atoms with Gasteiger partial charge in [-0.05, 0) is 24.5 Å². The Bertz CT molecular complexity index is 587. The molecule has 1 fully saturated rings. The minimum absolute atomic E-state index is 0.520. The van der Waals surface area contributed by atoms with E-state index in [2.05, 4.69) is 40.3 Å². The predicted octanol–water partition coefficient (Wildman–Crippen LogP) is 2.73. The van der Waals surface area contributed by atoms with Gasteiger partial charge in [0.25, 0.3) is 0 Å². The van der Waals surface area contributed by atoms with E-state index in [4.69, 9.17) is 0 Å². The number of aryl methyl sites for hydroxylation is 1. The van der Waals surface area contributed by atoms with Crippen LogP contribution >= 0.6 is 0 Å². The molecule has 118 valence electrons. The molecule has 4 nitrogen and oxygen atoms in total. The van der Waals surface area contributed by atoms with E-state index < -0.39 is 5.60 Å². The summed E-state index contributed by atoms with van der Waals surface area (Å²) < 4.78 is 1.91. The van der Waals surface area contributed by atoms with Crippen molar-refractivity contribution in [2.45, 2.75) is 44.4 Å². The molecule has 0 saturated heterocycles. The maximum absolute atomic E-state index is 10.8. The maximum atomic E-state index is 10.8. The average Bonchev–Trinajstić information content (AvgIpc) is 3.10. The van der Waals surface area contributed by atoms with Crippen LogP contribution in [0.2, 0.25) is 0 Å². The van der Waals surface area contributed by atoms with E-state index in [1.165, 1.54) is 11.3 Å². The molecule has 0 aliphatic heterocycles. The van der Waals surface area contributed by atoms with Crippen molar-refractivity contribution in [2.75, 3.05) is 6.54 Å². The molecule has 1 N–H and O–H groups in total. The second-order valence-corrected chi connectivity index (χ2v) is 6.51. The zero-order valence-corrected chi connectivity index (χ0v) is 13.3. The minimum atomic E-state index is -0.520. The lowest BCUT2D eigenvalue weighted by molar-refractivity contribution is 0.00390. The molecule has 1 aromatic carbocycles. The van der Waals surface area contributed by atoms with Crippen molar-refractivity contribution in [1.29, 1.82) is 0 Å². The van der Waals surface area contributed by atoms with Crippen LogP contribution in [0.3, 0.4) is 0 Å². The summed E-state index contributed by atoms with van der Waals surface area (Å²) in [4.78, 5) is 2.34. The van der Waals surface area contributed by atoms with Crippen molar-refractivity contribution in [2.24, 2.45) is 7.05 Å². The van der Waals surface area contributed by atoms with Gasteiger partial charge in [0.1, 0.15) is 0 Å². The van der Waals surface area contributed by atoms with Gasteiger partial charge < -0.3 is 5.11 Å². The van der Waals surface area contributed by atoms with E-state index in [0.717, 1.165) is 45.3 Å². The first-order chi connectivity index (χ1) is 10.6. The summed E-state index contributed by atoms with van der Waals surface area (Å²) in [6, 6.07) is 12.5. The van der Waals surface area contributed by atoms with Gasteiger partial charge in [0.2, 0.25) is 0 Å². The van der Waals surface area contributed by atoms with Crippen LogP contribution in [-0.4, -0.2) is 31.9 Å². The third kappa shape index (κ3) is 3.76. The molecular weight excluding hydrogens is 274 g/mol. The summed E-state index contributed by atoms with van der Waals surface area (Å²) in [5, 5.41) is 15.0. The summed E-state index contributed by atoms with van der Waals surface area (Å²) in [6.45, 7) is 2.40. The highest BCUT2D eigenvalue weighted by Gasteiger charge is 2.33. The highest BCUT2D eigenvalue weighted by Crippen LogP contribution is 2.31. The van der Waals surface area contributed by atoms with Crippen molar-refractivity contribution in [3.8, 4) is 0 Å². The Kier molecular flexibility index (Phi) is 4.60. The molecule has 0 atom stereocenters. The van der Waals surface area contributed by atoms with Crippen molar-refractivity contribution >= 4 is 0 Å². The van der Waals surface area contributed by atoms with E-state index in [1.54, 1.807) is 0 Å². The molecule has 1 heterocycles. The zero-order valence-electron chi connectivity index (χ0n) is 13.3. The van der Waals surface area contributed by atoms with Crippen LogP contribution in [0.1, 0.15) is 36.9 Å². The van der Waals surface area contributed by atoms with Gasteiger partial charge in [-0.15, -0.1) is 0 Å². The highest BCUT2D eigenvalue weighted by molar-refractivity contribution is 5.15. The van der Waals surface area contributed by atoms with Crippen molar-refractivity contribution < 1.29 is 5.11 Å². The molecular formula is C18H25N3O. The van der Waals surface area contributed by atoms with Gasteiger partial charge in [-0.1, -0.05) is 43.2 Å². The Hall–Kier alpha value is -1.65. The molecule has 0 amide bonds. The van der Waals surface area contributed by atoms with Gasteiger partial charge >= 0.3 is 0 Å². The largest absolute Gasteiger partial charge is 0.389 e. The molecule has 3 rings (SSSR count). The third-order valence-electron chi connectivity index (χ3n) is 4.61. The van der Waals surface area contributed by atoms with Crippen LogP contribution < -0.4 is 0 Å². The standard InChI is InChI=1S/C18H25N3O/c1-20-17(9-12-19-20)14-21(13-16-7-3-2-4-8-16)15-18(22)10-5-6-11-18/h2-4,7-9,12,22H,5-6,10-11,13-15H2,1H3. The summed E-state index contributed by atoms with van der Waals surface area (Å²) in [5.74, 6) is 0. The number of aromatic nitrogens is 2. The smallest absolute Gasteiger partial charge is 0.0774 e. The van der Waals surface area contributed by atoms with Gasteiger partial charge in [-0.3, -0.25) is 9.58 Å². The van der Waals surface area contributed by atoms with Crippen LogP contribution in [-0.2, 0) is 20.1 Å². The second kappa shape index (κ2) is 6.63. The fraction of sp³-hybridized carbons (Fsp3) is 0.500. The Labute approximate surface area is 132 Å². The van der Waals surface area contributed by atoms with Crippen molar-refractivity contribution in [3.63, 3.8) is 0 Å². The topological polar surface area (TPSA) is 41.3 Å². The molecule has 0 bridgehead atoms. The summed E-state index contributed by atoms with van der Waals surface area (Å²) in [7, 11) is 1.97. The molecule has 0 spiro atoms. The number of rotatable bonds is 6. The van der Waals surface area contributed by atoms with E-state index in [1.807, 2.05) is 24.0 Å². The molecule has 1 aliphatic carbocycles. The second-order valence-electron chi connectivity index (χ2n) is 6.51. The first-order valence-corrected chi connectivity index (χ1v) is 8.10. The number of hydrogen-bond acceptors (Lipinski definition) is 3. The fourth-order valence-corrected chi connectivity index (χ4v) is 3.40. The summed E-state index contributed by atoms with van der Waals surface area (Å²) in [6.07, 6.45) is 5.95. The van der Waals surface area contributed by atoms with Crippen LogP contribution in [0.15, 0.2) is 42.6 Å². The quantitative estimate of drug-likeness (QED) is 0.891. The summed E-state index contributed by atoms with van der Waals surface area (Å²) in [5.41, 5.74) is 1.94. The van der Waals surface area contributed by atoms with E-state index >= 15 is 0 Å². The first kappa shape index (κ1) is 15.3. The SMILES string of the molecule is Cn1nccc1CN(Cc1ccccc1)CC1(O)CCCC1. The molecule has 0 radical (unpaired) electrons. The Morgan fingerprint density at radius 1 is 1.14 bits per heavy atom.